The minimum absolute atomic E-state index is 0.0327. The zero-order valence-electron chi connectivity index (χ0n) is 20.1. The Bertz CT molecular complexity index is 1640. The number of thioether (sulfide) groups is 1. The number of carbonyl (C=O) groups is 1. The van der Waals surface area contributed by atoms with Crippen molar-refractivity contribution in [2.45, 2.75) is 33.5 Å². The van der Waals surface area contributed by atoms with E-state index in [0.29, 0.717) is 22.5 Å². The Morgan fingerprint density at radius 3 is 2.11 bits per heavy atom. The molecule has 4 aromatic carbocycles. The van der Waals surface area contributed by atoms with Crippen LogP contribution in [0.4, 0.5) is 11.4 Å². The molecule has 0 saturated heterocycles. The van der Waals surface area contributed by atoms with E-state index < -0.39 is 5.25 Å². The molecule has 0 radical (unpaired) electrons. The molecule has 6 rings (SSSR count). The number of anilines is 2. The van der Waals surface area contributed by atoms with Gasteiger partial charge in [-0.1, -0.05) is 85.0 Å². The number of fused-ring (bicyclic) bond motifs is 3. The third-order valence-corrected chi connectivity index (χ3v) is 8.74. The highest BCUT2D eigenvalue weighted by Crippen LogP contribution is 2.48. The molecule has 1 aliphatic rings. The second-order valence-corrected chi connectivity index (χ2v) is 10.9. The molecule has 0 bridgehead atoms. The summed E-state index contributed by atoms with van der Waals surface area (Å²) >= 11 is 3.02. The van der Waals surface area contributed by atoms with E-state index >= 15 is 0 Å². The van der Waals surface area contributed by atoms with Gasteiger partial charge in [0.05, 0.1) is 33.2 Å². The fourth-order valence-corrected chi connectivity index (χ4v) is 6.65. The summed E-state index contributed by atoms with van der Waals surface area (Å²) in [7, 11) is 0. The van der Waals surface area contributed by atoms with Gasteiger partial charge < -0.3 is 0 Å². The van der Waals surface area contributed by atoms with Gasteiger partial charge in [0.2, 0.25) is 5.91 Å². The number of benzene rings is 4. The Kier molecular flexibility index (Phi) is 6.32. The topological polar surface area (TPSA) is 55.2 Å². The first-order chi connectivity index (χ1) is 18.2. The molecular formula is C30H23N3O2S2. The lowest BCUT2D eigenvalue weighted by molar-refractivity contribution is -0.117. The second-order valence-electron chi connectivity index (χ2n) is 8.61. The van der Waals surface area contributed by atoms with Gasteiger partial charge in [-0.15, -0.1) is 0 Å². The van der Waals surface area contributed by atoms with Crippen molar-refractivity contribution < 1.29 is 4.79 Å². The molecule has 0 N–H and O–H groups in total. The van der Waals surface area contributed by atoms with Crippen LogP contribution >= 0.6 is 23.5 Å². The summed E-state index contributed by atoms with van der Waals surface area (Å²) in [6.45, 7) is 2.00. The number of rotatable bonds is 5. The maximum atomic E-state index is 14.2. The summed E-state index contributed by atoms with van der Waals surface area (Å²) in [5, 5.41) is 0.598. The minimum atomic E-state index is -0.452. The maximum Gasteiger partial charge on any atom is 0.266 e. The van der Waals surface area contributed by atoms with Crippen molar-refractivity contribution >= 4 is 51.7 Å². The van der Waals surface area contributed by atoms with Crippen molar-refractivity contribution in [2.75, 3.05) is 4.90 Å². The molecule has 1 aromatic heterocycles. The van der Waals surface area contributed by atoms with Crippen LogP contribution < -0.4 is 10.5 Å². The molecular weight excluding hydrogens is 498 g/mol. The summed E-state index contributed by atoms with van der Waals surface area (Å²) in [5.74, 6) is -0.0327. The zero-order chi connectivity index (χ0) is 25.4. The van der Waals surface area contributed by atoms with E-state index in [2.05, 4.69) is 0 Å². The Labute approximate surface area is 223 Å². The van der Waals surface area contributed by atoms with Gasteiger partial charge in [0.25, 0.3) is 5.56 Å². The SMILES string of the molecule is CCC(Sc1nc2ccccc2c(=O)n1-c1ccccc1)C(=O)N1c2ccccc2Sc2ccccc21. The maximum absolute atomic E-state index is 14.2. The molecule has 5 nitrogen and oxygen atoms in total. The van der Waals surface area contributed by atoms with Crippen molar-refractivity contribution in [1.29, 1.82) is 0 Å². The van der Waals surface area contributed by atoms with Crippen molar-refractivity contribution in [3.63, 3.8) is 0 Å². The summed E-state index contributed by atoms with van der Waals surface area (Å²) in [6.07, 6.45) is 0.578. The van der Waals surface area contributed by atoms with E-state index in [0.717, 1.165) is 26.9 Å². The number of aromatic nitrogens is 2. The van der Waals surface area contributed by atoms with Gasteiger partial charge in [-0.05, 0) is 55.0 Å². The molecule has 5 aromatic rings. The number of hydrogen-bond donors (Lipinski definition) is 0. The Morgan fingerprint density at radius 1 is 0.838 bits per heavy atom. The van der Waals surface area contributed by atoms with Crippen molar-refractivity contribution in [2.24, 2.45) is 0 Å². The van der Waals surface area contributed by atoms with Crippen LogP contribution in [0.1, 0.15) is 13.3 Å². The quantitative estimate of drug-likeness (QED) is 0.183. The molecule has 0 fully saturated rings. The van der Waals surface area contributed by atoms with Crippen LogP contribution in [0, 0.1) is 0 Å². The monoisotopic (exact) mass is 521 g/mol. The van der Waals surface area contributed by atoms with E-state index in [4.69, 9.17) is 4.98 Å². The second kappa shape index (κ2) is 9.92. The smallest absolute Gasteiger partial charge is 0.266 e. The number of hydrogen-bond acceptors (Lipinski definition) is 5. The Hall–Kier alpha value is -3.81. The number of amides is 1. The summed E-state index contributed by atoms with van der Waals surface area (Å²) in [6, 6.07) is 32.8. The molecule has 37 heavy (non-hydrogen) atoms. The predicted octanol–water partition coefficient (Wildman–Crippen LogP) is 7.09. The van der Waals surface area contributed by atoms with Gasteiger partial charge in [-0.3, -0.25) is 19.1 Å². The van der Waals surface area contributed by atoms with Crippen LogP contribution in [0.3, 0.4) is 0 Å². The van der Waals surface area contributed by atoms with Crippen LogP contribution in [0.5, 0.6) is 0 Å². The largest absolute Gasteiger partial charge is 0.278 e. The van der Waals surface area contributed by atoms with E-state index in [1.807, 2.05) is 109 Å². The number of nitrogens with zero attached hydrogens (tertiary/aromatic N) is 3. The molecule has 0 aliphatic carbocycles. The number of para-hydroxylation sites is 4. The third-order valence-electron chi connectivity index (χ3n) is 6.31. The van der Waals surface area contributed by atoms with Gasteiger partial charge in [0.15, 0.2) is 5.16 Å². The lowest BCUT2D eigenvalue weighted by atomic mass is 10.2. The zero-order valence-corrected chi connectivity index (χ0v) is 21.7. The lowest BCUT2D eigenvalue weighted by Crippen LogP contribution is -2.36. The van der Waals surface area contributed by atoms with Crippen LogP contribution in [0.2, 0.25) is 0 Å². The fraction of sp³-hybridized carbons (Fsp3) is 0.100. The highest BCUT2D eigenvalue weighted by molar-refractivity contribution is 8.00. The van der Waals surface area contributed by atoms with Gasteiger partial charge in [-0.2, -0.15) is 0 Å². The molecule has 7 heteroatoms. The Balaban J connectivity index is 1.46. The lowest BCUT2D eigenvalue weighted by Gasteiger charge is -2.33. The first-order valence-electron chi connectivity index (χ1n) is 12.1. The van der Waals surface area contributed by atoms with Crippen molar-refractivity contribution in [3.05, 3.63) is 113 Å². The van der Waals surface area contributed by atoms with E-state index in [1.54, 1.807) is 22.4 Å². The van der Waals surface area contributed by atoms with Gasteiger partial charge in [0.1, 0.15) is 0 Å². The third kappa shape index (κ3) is 4.24. The summed E-state index contributed by atoms with van der Waals surface area (Å²) < 4.78 is 1.62. The van der Waals surface area contributed by atoms with Crippen LogP contribution in [0.15, 0.2) is 123 Å². The average Bonchev–Trinajstić information content (AvgIpc) is 2.95. The highest BCUT2D eigenvalue weighted by atomic mass is 32.2. The average molecular weight is 522 g/mol. The molecule has 2 heterocycles. The first kappa shape index (κ1) is 23.6. The van der Waals surface area contributed by atoms with Crippen molar-refractivity contribution in [3.8, 4) is 5.69 Å². The Morgan fingerprint density at radius 2 is 1.43 bits per heavy atom. The summed E-state index contributed by atoms with van der Waals surface area (Å²) in [4.78, 5) is 36.6. The fourth-order valence-electron chi connectivity index (χ4n) is 4.52. The molecule has 1 aliphatic heterocycles. The molecule has 1 unspecified atom stereocenters. The highest BCUT2D eigenvalue weighted by Gasteiger charge is 2.33. The van der Waals surface area contributed by atoms with Gasteiger partial charge >= 0.3 is 0 Å². The summed E-state index contributed by atoms with van der Waals surface area (Å²) in [5.41, 5.74) is 2.95. The molecule has 182 valence electrons. The van der Waals surface area contributed by atoms with Gasteiger partial charge in [0, 0.05) is 9.79 Å². The van der Waals surface area contributed by atoms with Crippen LogP contribution in [-0.4, -0.2) is 20.7 Å². The molecule has 0 saturated carbocycles. The van der Waals surface area contributed by atoms with Crippen LogP contribution in [-0.2, 0) is 4.79 Å². The van der Waals surface area contributed by atoms with Gasteiger partial charge in [-0.25, -0.2) is 4.98 Å². The van der Waals surface area contributed by atoms with Crippen LogP contribution in [0.25, 0.3) is 16.6 Å². The van der Waals surface area contributed by atoms with E-state index in [9.17, 15) is 9.59 Å². The molecule has 0 spiro atoms. The predicted molar refractivity (Wildman–Crippen MR) is 151 cm³/mol. The van der Waals surface area contributed by atoms with E-state index in [-0.39, 0.29) is 11.5 Å². The standard InChI is InChI=1S/C30H23N3O2S2/c1-2-25(29(35)33-23-16-8-10-18-26(23)36-27-19-11-9-17-24(27)33)37-30-31-22-15-7-6-14-21(22)28(34)32(30)20-12-4-3-5-13-20/h3-19,25H,2H2,1H3. The minimum Gasteiger partial charge on any atom is -0.278 e. The molecule has 1 amide bonds. The van der Waals surface area contributed by atoms with E-state index in [1.165, 1.54) is 11.8 Å². The first-order valence-corrected chi connectivity index (χ1v) is 13.8. The number of carbonyl (C=O) groups excluding carboxylic acids is 1. The van der Waals surface area contributed by atoms with Crippen molar-refractivity contribution in [1.82, 2.24) is 9.55 Å². The normalized spacial score (nSPS) is 13.2. The molecule has 1 atom stereocenters.